The maximum atomic E-state index is 10.6. The molecule has 0 amide bonds. The third kappa shape index (κ3) is 9.27. The van der Waals surface area contributed by atoms with Gasteiger partial charge in [0.15, 0.2) is 25.2 Å². The summed E-state index contributed by atoms with van der Waals surface area (Å²) >= 11 is 0. The maximum absolute atomic E-state index is 10.6. The van der Waals surface area contributed by atoms with Crippen LogP contribution in [0, 0.1) is 0 Å². The van der Waals surface area contributed by atoms with Crippen LogP contribution in [0.15, 0.2) is 5.11 Å². The fourth-order valence-electron chi connectivity index (χ4n) is 5.81. The highest BCUT2D eigenvalue weighted by Crippen LogP contribution is 2.36. The van der Waals surface area contributed by atoms with Crippen molar-refractivity contribution in [3.05, 3.63) is 10.4 Å². The van der Waals surface area contributed by atoms with Crippen LogP contribution in [-0.4, -0.2) is 195 Å². The number of aliphatic hydroxyl groups excluding tert-OH is 10. The molecule has 0 saturated carbocycles. The van der Waals surface area contributed by atoms with Crippen LogP contribution in [0.3, 0.4) is 0 Å². The lowest BCUT2D eigenvalue weighted by molar-refractivity contribution is -0.308. The van der Waals surface area contributed by atoms with Gasteiger partial charge in [-0.3, -0.25) is 0 Å². The Morgan fingerprint density at radius 3 is 1.56 bits per heavy atom. The highest BCUT2D eigenvalue weighted by molar-refractivity contribution is 4.96. The van der Waals surface area contributed by atoms with Crippen LogP contribution in [0.2, 0.25) is 0 Å². The van der Waals surface area contributed by atoms with Crippen molar-refractivity contribution in [2.45, 2.75) is 130 Å². The zero-order valence-electron chi connectivity index (χ0n) is 26.0. The first kappa shape index (κ1) is 39.4. The van der Waals surface area contributed by atoms with Crippen LogP contribution in [-0.2, 0) is 37.9 Å². The standard InChI is InChI=1S/C27H47N3O18/c28-30-29-5-3-1-2-4-6-41-27-23(48-26-20(39)17(36)13(9-33)45-26)22(47-25-19(38)16(35)12(8-32)44-25)14(46-27)10-42-24-21(40)18(37)15(34)11(7-31)43-24/h11-27,31-40H,1-10H2/t11-,12-,13-,14-,15-,16-,17-,18+,19+,20+,21+,22-,23+,24+,25-,26-,27+/m1/s1. The zero-order valence-corrected chi connectivity index (χ0v) is 26.0. The lowest BCUT2D eigenvalue weighted by Crippen LogP contribution is -2.59. The molecule has 21 nitrogen and oxygen atoms in total. The van der Waals surface area contributed by atoms with Crippen molar-refractivity contribution in [3.8, 4) is 0 Å². The van der Waals surface area contributed by atoms with Gasteiger partial charge in [-0.05, 0) is 18.4 Å². The van der Waals surface area contributed by atoms with Crippen LogP contribution in [0.1, 0.15) is 25.7 Å². The van der Waals surface area contributed by atoms with Gasteiger partial charge in [0, 0.05) is 18.1 Å². The summed E-state index contributed by atoms with van der Waals surface area (Å²) in [5.74, 6) is 0. The van der Waals surface area contributed by atoms with Gasteiger partial charge in [0.1, 0.15) is 79.4 Å². The van der Waals surface area contributed by atoms with Gasteiger partial charge in [-0.15, -0.1) is 0 Å². The van der Waals surface area contributed by atoms with Gasteiger partial charge >= 0.3 is 0 Å². The highest BCUT2D eigenvalue weighted by Gasteiger charge is 2.55. The van der Waals surface area contributed by atoms with E-state index in [0.717, 1.165) is 6.42 Å². The van der Waals surface area contributed by atoms with Crippen molar-refractivity contribution in [2.24, 2.45) is 5.11 Å². The van der Waals surface area contributed by atoms with Gasteiger partial charge in [0.25, 0.3) is 0 Å². The van der Waals surface area contributed by atoms with Crippen LogP contribution in [0.5, 0.6) is 0 Å². The second kappa shape index (κ2) is 18.7. The Bertz CT molecular complexity index is 1010. The molecule has 0 spiro atoms. The quantitative estimate of drug-likeness (QED) is 0.0277. The van der Waals surface area contributed by atoms with Gasteiger partial charge in [-0.1, -0.05) is 18.0 Å². The largest absolute Gasteiger partial charge is 0.394 e. The summed E-state index contributed by atoms with van der Waals surface area (Å²) in [6.45, 7) is -2.03. The predicted molar refractivity (Wildman–Crippen MR) is 152 cm³/mol. The zero-order chi connectivity index (χ0) is 35.0. The molecule has 4 saturated heterocycles. The smallest absolute Gasteiger partial charge is 0.187 e. The van der Waals surface area contributed by atoms with E-state index >= 15 is 0 Å². The summed E-state index contributed by atoms with van der Waals surface area (Å²) in [5, 5.41) is 105. The van der Waals surface area contributed by atoms with Gasteiger partial charge in [-0.25, -0.2) is 0 Å². The number of hydrogen-bond donors (Lipinski definition) is 10. The Morgan fingerprint density at radius 2 is 1.00 bits per heavy atom. The number of hydrogen-bond acceptors (Lipinski definition) is 19. The molecule has 0 aromatic carbocycles. The minimum atomic E-state index is -1.75. The SMILES string of the molecule is [N-]=[N+]=NCCCCCCO[C@H]1O[C@H](CO[C@H]2O[C@H](CO)[C@@H](O)[C@H](O)[C@@H]2O)[C@@H](O[C@H]2O[C@H](CO)[C@@H](O)[C@@H]2O)[C@@H]1O[C@H]1O[C@H](CO)[C@@H](O)[C@@H]1O. The van der Waals surface area contributed by atoms with Crippen molar-refractivity contribution in [2.75, 3.05) is 39.6 Å². The third-order valence-electron chi connectivity index (χ3n) is 8.62. The first-order valence-corrected chi connectivity index (χ1v) is 15.8. The molecule has 278 valence electrons. The molecule has 0 aliphatic carbocycles. The minimum Gasteiger partial charge on any atom is -0.394 e. The molecular weight excluding hydrogens is 654 g/mol. The summed E-state index contributed by atoms with van der Waals surface area (Å²) in [6, 6.07) is 0. The van der Waals surface area contributed by atoms with E-state index in [0.29, 0.717) is 25.8 Å². The second-order valence-corrected chi connectivity index (χ2v) is 11.9. The Balaban J connectivity index is 1.53. The molecule has 0 aromatic rings. The summed E-state index contributed by atoms with van der Waals surface area (Å²) in [4.78, 5) is 2.71. The lowest BCUT2D eigenvalue weighted by Gasteiger charge is -2.40. The molecule has 0 bridgehead atoms. The Hall–Kier alpha value is -1.41. The van der Waals surface area contributed by atoms with E-state index in [4.69, 9.17) is 43.4 Å². The van der Waals surface area contributed by atoms with Crippen LogP contribution >= 0.6 is 0 Å². The first-order chi connectivity index (χ1) is 23.1. The van der Waals surface area contributed by atoms with Crippen molar-refractivity contribution in [1.82, 2.24) is 0 Å². The van der Waals surface area contributed by atoms with Crippen molar-refractivity contribution in [3.63, 3.8) is 0 Å². The van der Waals surface area contributed by atoms with Gasteiger partial charge in [0.05, 0.1) is 26.4 Å². The average molecular weight is 702 g/mol. The van der Waals surface area contributed by atoms with Crippen LogP contribution in [0.4, 0.5) is 0 Å². The Kier molecular flexibility index (Phi) is 15.4. The number of azide groups is 1. The van der Waals surface area contributed by atoms with Crippen LogP contribution in [0.25, 0.3) is 10.4 Å². The van der Waals surface area contributed by atoms with Gasteiger partial charge in [-0.2, -0.15) is 0 Å². The molecule has 10 N–H and O–H groups in total. The predicted octanol–water partition coefficient (Wildman–Crippen LogP) is -4.94. The molecule has 4 fully saturated rings. The van der Waals surface area contributed by atoms with Crippen molar-refractivity contribution < 1.29 is 89.0 Å². The van der Waals surface area contributed by atoms with Crippen molar-refractivity contribution in [1.29, 1.82) is 0 Å². The number of aliphatic hydroxyl groups is 10. The molecule has 4 rings (SSSR count). The molecular formula is C27H47N3O18. The topological polar surface area (TPSA) is 325 Å². The number of rotatable bonds is 18. The monoisotopic (exact) mass is 701 g/mol. The fraction of sp³-hybridized carbons (Fsp3) is 1.00. The molecule has 17 atom stereocenters. The molecule has 0 unspecified atom stereocenters. The second-order valence-electron chi connectivity index (χ2n) is 11.9. The number of nitrogens with zero attached hydrogens (tertiary/aromatic N) is 3. The average Bonchev–Trinajstić information content (AvgIpc) is 3.66. The van der Waals surface area contributed by atoms with Crippen molar-refractivity contribution >= 4 is 0 Å². The number of ether oxygens (including phenoxy) is 8. The van der Waals surface area contributed by atoms with Gasteiger partial charge in [0.2, 0.25) is 0 Å². The van der Waals surface area contributed by atoms with E-state index in [9.17, 15) is 51.1 Å². The molecule has 4 aliphatic rings. The van der Waals surface area contributed by atoms with E-state index in [2.05, 4.69) is 10.0 Å². The molecule has 4 aliphatic heterocycles. The Morgan fingerprint density at radius 1 is 0.521 bits per heavy atom. The lowest BCUT2D eigenvalue weighted by atomic mass is 9.99. The highest BCUT2D eigenvalue weighted by atomic mass is 16.8. The minimum absolute atomic E-state index is 0.114. The summed E-state index contributed by atoms with van der Waals surface area (Å²) in [5.41, 5.74) is 8.42. The molecule has 21 heteroatoms. The van der Waals surface area contributed by atoms with E-state index in [1.165, 1.54) is 0 Å². The Labute approximate surface area is 274 Å². The number of unbranched alkanes of at least 4 members (excludes halogenated alkanes) is 3. The van der Waals surface area contributed by atoms with E-state index in [1.54, 1.807) is 0 Å². The van der Waals surface area contributed by atoms with E-state index in [1.807, 2.05) is 0 Å². The fourth-order valence-corrected chi connectivity index (χ4v) is 5.81. The first-order valence-electron chi connectivity index (χ1n) is 15.8. The summed E-state index contributed by atoms with van der Waals surface area (Å²) in [6.07, 6.45) is -22.3. The molecule has 0 radical (unpaired) electrons. The summed E-state index contributed by atoms with van der Waals surface area (Å²) < 4.78 is 46.2. The maximum Gasteiger partial charge on any atom is 0.187 e. The van der Waals surface area contributed by atoms with E-state index in [-0.39, 0.29) is 6.61 Å². The van der Waals surface area contributed by atoms with Gasteiger partial charge < -0.3 is 89.0 Å². The third-order valence-corrected chi connectivity index (χ3v) is 8.62. The summed E-state index contributed by atoms with van der Waals surface area (Å²) in [7, 11) is 0. The molecule has 0 aromatic heterocycles. The molecule has 48 heavy (non-hydrogen) atoms. The van der Waals surface area contributed by atoms with E-state index < -0.39 is 131 Å². The molecule has 4 heterocycles. The van der Waals surface area contributed by atoms with Crippen LogP contribution < -0.4 is 0 Å². The normalized spacial score (nSPS) is 44.7.